The number of halogens is 4. The van der Waals surface area contributed by atoms with Crippen molar-refractivity contribution in [3.05, 3.63) is 71.3 Å². The molecular weight excluding hydrogens is 628 g/mol. The van der Waals surface area contributed by atoms with E-state index in [1.807, 2.05) is 30.3 Å². The molecule has 1 aliphatic carbocycles. The molecule has 4 rings (SSSR count). The summed E-state index contributed by atoms with van der Waals surface area (Å²) in [5.74, 6) is -6.23. The van der Waals surface area contributed by atoms with E-state index >= 15 is 0 Å². The summed E-state index contributed by atoms with van der Waals surface area (Å²) in [6.07, 6.45) is -3.09. The van der Waals surface area contributed by atoms with Gasteiger partial charge in [-0.3, -0.25) is 0 Å². The van der Waals surface area contributed by atoms with Crippen LogP contribution in [-0.4, -0.2) is 71.2 Å². The molecule has 1 aliphatic heterocycles. The van der Waals surface area contributed by atoms with Crippen LogP contribution in [0.1, 0.15) is 64.0 Å². The van der Waals surface area contributed by atoms with E-state index in [4.69, 9.17) is 19.3 Å². The number of aliphatic carboxylic acids is 1. The largest absolute Gasteiger partial charge is 0.502 e. The molecule has 0 aromatic heterocycles. The van der Waals surface area contributed by atoms with Crippen LogP contribution in [0.4, 0.5) is 27.2 Å². The second-order valence-electron chi connectivity index (χ2n) is 12.3. The number of nitrogens with zero attached hydrogens (tertiary/aromatic N) is 1. The molecule has 256 valence electrons. The molecule has 2 amide bonds. The lowest BCUT2D eigenvalue weighted by molar-refractivity contribution is -0.211. The van der Waals surface area contributed by atoms with E-state index in [2.05, 4.69) is 10.1 Å². The molecule has 1 heterocycles. The third kappa shape index (κ3) is 9.83. The zero-order valence-corrected chi connectivity index (χ0v) is 26.3. The van der Waals surface area contributed by atoms with Crippen molar-refractivity contribution >= 4 is 23.7 Å². The van der Waals surface area contributed by atoms with Crippen LogP contribution in [0.25, 0.3) is 5.57 Å². The number of rotatable bonds is 10. The van der Waals surface area contributed by atoms with Crippen molar-refractivity contribution in [2.45, 2.75) is 89.4 Å². The highest BCUT2D eigenvalue weighted by molar-refractivity contribution is 5.76. The minimum atomic E-state index is -4.74. The van der Waals surface area contributed by atoms with E-state index < -0.39 is 65.4 Å². The van der Waals surface area contributed by atoms with Crippen LogP contribution < -0.4 is 10.1 Å². The standard InChI is InChI=1S/C33H38F4N2O8/c1-32(2,3)47-30(42)38-26-10-7-15-39(31(43)45-18-20-8-5-4-6-9-20)27(26)19-44-23-13-11-21(12-14-23)24-16-22(34)17-25(35)28(24)46-33(36,37)29(40)41/h4-6,8-9,11,16-17,23,26-27H,7,10,12-15,18-19H2,1-3H3,(H,38,42)(H,40,41). The molecule has 0 radical (unpaired) electrons. The van der Waals surface area contributed by atoms with Crippen LogP contribution in [0.15, 0.2) is 48.5 Å². The van der Waals surface area contributed by atoms with E-state index in [1.54, 1.807) is 26.8 Å². The molecule has 1 saturated heterocycles. The first kappa shape index (κ1) is 35.5. The molecule has 2 aromatic rings. The highest BCUT2D eigenvalue weighted by Crippen LogP contribution is 2.38. The van der Waals surface area contributed by atoms with Crippen molar-refractivity contribution in [1.29, 1.82) is 0 Å². The predicted octanol–water partition coefficient (Wildman–Crippen LogP) is 6.67. The fourth-order valence-electron chi connectivity index (χ4n) is 5.43. The summed E-state index contributed by atoms with van der Waals surface area (Å²) < 4.78 is 77.7. The average molecular weight is 667 g/mol. The number of hydrogen-bond acceptors (Lipinski definition) is 7. The highest BCUT2D eigenvalue weighted by Gasteiger charge is 2.44. The Balaban J connectivity index is 1.48. The summed E-state index contributed by atoms with van der Waals surface area (Å²) in [6, 6.07) is 9.14. The van der Waals surface area contributed by atoms with Crippen LogP contribution in [0.5, 0.6) is 5.75 Å². The van der Waals surface area contributed by atoms with Crippen LogP contribution >= 0.6 is 0 Å². The second kappa shape index (κ2) is 15.1. The SMILES string of the molecule is CC(C)(C)OC(=O)NC1CCCN(C(=O)OCc2ccccc2)C1COC1CC=C(c2cc(F)cc(F)c2OC(F)(F)C(=O)O)CC1. The van der Waals surface area contributed by atoms with Crippen LogP contribution in [-0.2, 0) is 25.6 Å². The summed E-state index contributed by atoms with van der Waals surface area (Å²) in [7, 11) is 0. The first-order valence-electron chi connectivity index (χ1n) is 15.2. The number of alkyl halides is 2. The van der Waals surface area contributed by atoms with Gasteiger partial charge in [-0.25, -0.2) is 23.2 Å². The van der Waals surface area contributed by atoms with Gasteiger partial charge < -0.3 is 34.3 Å². The monoisotopic (exact) mass is 666 g/mol. The molecule has 0 saturated carbocycles. The second-order valence-corrected chi connectivity index (χ2v) is 12.3. The van der Waals surface area contributed by atoms with Crippen molar-refractivity contribution in [3.63, 3.8) is 0 Å². The van der Waals surface area contributed by atoms with Gasteiger partial charge in [0.2, 0.25) is 0 Å². The van der Waals surface area contributed by atoms with Crippen molar-refractivity contribution in [1.82, 2.24) is 10.2 Å². The number of piperidine rings is 1. The lowest BCUT2D eigenvalue weighted by Crippen LogP contribution is -2.59. The van der Waals surface area contributed by atoms with Gasteiger partial charge in [-0.2, -0.15) is 8.78 Å². The van der Waals surface area contributed by atoms with Crippen LogP contribution in [0.3, 0.4) is 0 Å². The topological polar surface area (TPSA) is 124 Å². The van der Waals surface area contributed by atoms with E-state index in [0.717, 1.165) is 11.6 Å². The van der Waals surface area contributed by atoms with Crippen LogP contribution in [0, 0.1) is 11.6 Å². The number of hydrogen-bond donors (Lipinski definition) is 2. The third-order valence-corrected chi connectivity index (χ3v) is 7.62. The molecule has 0 bridgehead atoms. The molecule has 14 heteroatoms. The smallest absolute Gasteiger partial charge is 0.474 e. The first-order chi connectivity index (χ1) is 22.1. The van der Waals surface area contributed by atoms with E-state index in [1.165, 1.54) is 4.90 Å². The number of amides is 2. The van der Waals surface area contributed by atoms with E-state index in [9.17, 15) is 31.9 Å². The van der Waals surface area contributed by atoms with E-state index in [0.29, 0.717) is 31.9 Å². The minimum absolute atomic E-state index is 0.00251. The molecule has 3 unspecified atom stereocenters. The van der Waals surface area contributed by atoms with Crippen molar-refractivity contribution < 1.29 is 56.0 Å². The summed E-state index contributed by atoms with van der Waals surface area (Å²) in [4.78, 5) is 38.3. The molecule has 2 N–H and O–H groups in total. The van der Waals surface area contributed by atoms with Gasteiger partial charge in [0.15, 0.2) is 11.6 Å². The maximum absolute atomic E-state index is 14.5. The van der Waals surface area contributed by atoms with Crippen molar-refractivity contribution in [2.75, 3.05) is 13.2 Å². The predicted molar refractivity (Wildman–Crippen MR) is 161 cm³/mol. The Labute approximate surface area is 269 Å². The molecule has 10 nitrogen and oxygen atoms in total. The summed E-state index contributed by atoms with van der Waals surface area (Å²) in [6.45, 7) is 5.61. The number of benzene rings is 2. The molecular formula is C33H38F4N2O8. The fourth-order valence-corrected chi connectivity index (χ4v) is 5.43. The molecule has 3 atom stereocenters. The van der Waals surface area contributed by atoms with E-state index in [-0.39, 0.29) is 37.2 Å². The Morgan fingerprint density at radius 2 is 1.79 bits per heavy atom. The maximum Gasteiger partial charge on any atom is 0.502 e. The summed E-state index contributed by atoms with van der Waals surface area (Å²) in [5.41, 5.74) is -0.00221. The molecule has 1 fully saturated rings. The molecule has 2 aliphatic rings. The maximum atomic E-state index is 14.5. The average Bonchev–Trinajstić information content (AvgIpc) is 3.00. The lowest BCUT2D eigenvalue weighted by Gasteiger charge is -2.41. The Hall–Kier alpha value is -4.33. The number of nitrogens with one attached hydrogen (secondary N) is 1. The fraction of sp³-hybridized carbons (Fsp3) is 0.485. The van der Waals surface area contributed by atoms with Gasteiger partial charge in [-0.15, -0.1) is 0 Å². The Bertz CT molecular complexity index is 1460. The van der Waals surface area contributed by atoms with Gasteiger partial charge in [-0.05, 0) is 70.1 Å². The number of carboxylic acids is 1. The van der Waals surface area contributed by atoms with Gasteiger partial charge in [0, 0.05) is 18.2 Å². The van der Waals surface area contributed by atoms with Gasteiger partial charge in [0.05, 0.1) is 24.8 Å². The number of carbonyl (C=O) groups is 3. The Kier molecular flexibility index (Phi) is 11.4. The quantitative estimate of drug-likeness (QED) is 0.270. The first-order valence-corrected chi connectivity index (χ1v) is 15.2. The van der Waals surface area contributed by atoms with Crippen molar-refractivity contribution in [3.8, 4) is 5.75 Å². The highest BCUT2D eigenvalue weighted by atomic mass is 19.3. The Morgan fingerprint density at radius 1 is 1.06 bits per heavy atom. The zero-order chi connectivity index (χ0) is 34.4. The minimum Gasteiger partial charge on any atom is -0.474 e. The number of ether oxygens (including phenoxy) is 4. The van der Waals surface area contributed by atoms with Gasteiger partial charge in [0.25, 0.3) is 0 Å². The third-order valence-electron chi connectivity index (χ3n) is 7.62. The molecule has 2 aromatic carbocycles. The normalized spacial score (nSPS) is 20.2. The molecule has 47 heavy (non-hydrogen) atoms. The number of likely N-dealkylation sites (tertiary alicyclic amines) is 1. The molecule has 0 spiro atoms. The number of alkyl carbamates (subject to hydrolysis) is 1. The van der Waals surface area contributed by atoms with Gasteiger partial charge in [-0.1, -0.05) is 36.4 Å². The summed E-state index contributed by atoms with van der Waals surface area (Å²) >= 11 is 0. The van der Waals surface area contributed by atoms with Gasteiger partial charge >= 0.3 is 24.3 Å². The zero-order valence-electron chi connectivity index (χ0n) is 26.3. The van der Waals surface area contributed by atoms with Crippen LogP contribution in [0.2, 0.25) is 0 Å². The lowest BCUT2D eigenvalue weighted by atomic mass is 9.91. The van der Waals surface area contributed by atoms with Crippen molar-refractivity contribution in [2.24, 2.45) is 0 Å². The number of allylic oxidation sites excluding steroid dienone is 1. The summed E-state index contributed by atoms with van der Waals surface area (Å²) in [5, 5.41) is 11.6. The number of carbonyl (C=O) groups excluding carboxylic acids is 2. The Morgan fingerprint density at radius 3 is 2.43 bits per heavy atom. The number of carboxylic acid groups (broad SMARTS) is 1. The van der Waals surface area contributed by atoms with Gasteiger partial charge in [0.1, 0.15) is 18.0 Å².